The van der Waals surface area contributed by atoms with E-state index in [0.717, 1.165) is 27.5 Å². The van der Waals surface area contributed by atoms with Gasteiger partial charge in [0.05, 0.1) is 22.1 Å². The van der Waals surface area contributed by atoms with Crippen molar-refractivity contribution in [1.82, 2.24) is 24.7 Å². The molecule has 33 heavy (non-hydrogen) atoms. The number of fused-ring (bicyclic) bond motifs is 2. The first-order valence-corrected chi connectivity index (χ1v) is 10.6. The predicted octanol–water partition coefficient (Wildman–Crippen LogP) is 6.18. The number of aromatic amines is 1. The van der Waals surface area contributed by atoms with Crippen LogP contribution < -0.4 is 5.32 Å². The number of rotatable bonds is 5. The lowest BCUT2D eigenvalue weighted by Gasteiger charge is -2.12. The number of H-pyrrole nitrogens is 1. The van der Waals surface area contributed by atoms with Crippen molar-refractivity contribution in [3.63, 3.8) is 0 Å². The van der Waals surface area contributed by atoms with Gasteiger partial charge in [0.1, 0.15) is 12.5 Å². The zero-order valence-electron chi connectivity index (χ0n) is 17.5. The van der Waals surface area contributed by atoms with Crippen LogP contribution in [0.25, 0.3) is 38.9 Å². The van der Waals surface area contributed by atoms with Gasteiger partial charge in [-0.3, -0.25) is 5.10 Å². The molecule has 7 heteroatoms. The van der Waals surface area contributed by atoms with Crippen LogP contribution in [-0.4, -0.2) is 24.7 Å². The van der Waals surface area contributed by atoms with Crippen molar-refractivity contribution >= 4 is 33.4 Å². The van der Waals surface area contributed by atoms with Crippen molar-refractivity contribution in [2.75, 3.05) is 5.32 Å². The van der Waals surface area contributed by atoms with Gasteiger partial charge in [0.15, 0.2) is 11.6 Å². The summed E-state index contributed by atoms with van der Waals surface area (Å²) in [4.78, 5) is 9.52. The molecule has 3 aromatic heterocycles. The van der Waals surface area contributed by atoms with Crippen molar-refractivity contribution in [2.24, 2.45) is 0 Å². The van der Waals surface area contributed by atoms with Crippen molar-refractivity contribution in [1.29, 1.82) is 0 Å². The molecule has 0 saturated carbocycles. The van der Waals surface area contributed by atoms with Crippen LogP contribution in [0.4, 0.5) is 16.0 Å². The first-order chi connectivity index (χ1) is 16.3. The van der Waals surface area contributed by atoms with Crippen LogP contribution in [-0.2, 0) is 6.67 Å². The lowest BCUT2D eigenvalue weighted by atomic mass is 10.1. The second-order valence-electron chi connectivity index (χ2n) is 7.69. The fourth-order valence-electron chi connectivity index (χ4n) is 4.11. The maximum absolute atomic E-state index is 13.7. The maximum atomic E-state index is 13.7. The van der Waals surface area contributed by atoms with E-state index >= 15 is 0 Å². The summed E-state index contributed by atoms with van der Waals surface area (Å²) < 4.78 is 15.7. The lowest BCUT2D eigenvalue weighted by Crippen LogP contribution is -2.02. The molecule has 0 atom stereocenters. The summed E-state index contributed by atoms with van der Waals surface area (Å²) >= 11 is 0. The Morgan fingerprint density at radius 3 is 2.52 bits per heavy atom. The number of nitrogens with one attached hydrogen (secondary N) is 2. The number of alkyl halides is 1. The molecule has 6 aromatic rings. The number of aromatic nitrogens is 5. The number of para-hydroxylation sites is 1. The zero-order chi connectivity index (χ0) is 22.2. The van der Waals surface area contributed by atoms with E-state index < -0.39 is 6.67 Å². The Kier molecular flexibility index (Phi) is 4.58. The lowest BCUT2D eigenvalue weighted by molar-refractivity contribution is 0.486. The molecule has 0 aliphatic heterocycles. The molecule has 0 aliphatic carbocycles. The molecular weight excluding hydrogens is 415 g/mol. The van der Waals surface area contributed by atoms with E-state index in [1.54, 1.807) is 6.07 Å². The first kappa shape index (κ1) is 19.2. The molecule has 0 unspecified atom stereocenters. The number of hydrogen-bond donors (Lipinski definition) is 2. The third-order valence-electron chi connectivity index (χ3n) is 5.69. The Balaban J connectivity index is 1.54. The second-order valence-corrected chi connectivity index (χ2v) is 7.69. The Labute approximate surface area is 188 Å². The van der Waals surface area contributed by atoms with Gasteiger partial charge in [0.2, 0.25) is 0 Å². The molecule has 0 spiro atoms. The van der Waals surface area contributed by atoms with E-state index in [4.69, 9.17) is 9.97 Å². The highest BCUT2D eigenvalue weighted by Crippen LogP contribution is 2.33. The van der Waals surface area contributed by atoms with E-state index in [1.807, 2.05) is 89.8 Å². The molecule has 2 N–H and O–H groups in total. The molecule has 0 aliphatic rings. The SMILES string of the molecule is FCc1ccccc1-c1nc(Nc2n[nH]c3cccc(-n4cccc4)c23)c2ccccc2n1. The van der Waals surface area contributed by atoms with Gasteiger partial charge < -0.3 is 9.88 Å². The van der Waals surface area contributed by atoms with E-state index in [-0.39, 0.29) is 0 Å². The van der Waals surface area contributed by atoms with Crippen LogP contribution in [0.2, 0.25) is 0 Å². The second kappa shape index (κ2) is 7.87. The van der Waals surface area contributed by atoms with Gasteiger partial charge in [-0.15, -0.1) is 0 Å². The van der Waals surface area contributed by atoms with Gasteiger partial charge in [-0.2, -0.15) is 5.10 Å². The first-order valence-electron chi connectivity index (χ1n) is 10.6. The molecule has 0 amide bonds. The third-order valence-corrected chi connectivity index (χ3v) is 5.69. The summed E-state index contributed by atoms with van der Waals surface area (Å²) in [5, 5.41) is 12.9. The number of anilines is 2. The number of benzene rings is 3. The summed E-state index contributed by atoms with van der Waals surface area (Å²) in [6.45, 7) is -0.584. The van der Waals surface area contributed by atoms with Gasteiger partial charge >= 0.3 is 0 Å². The number of hydrogen-bond acceptors (Lipinski definition) is 4. The molecule has 6 nitrogen and oxygen atoms in total. The minimum absolute atomic E-state index is 0.468. The van der Waals surface area contributed by atoms with Crippen molar-refractivity contribution in [3.05, 3.63) is 96.8 Å². The Bertz CT molecular complexity index is 1590. The zero-order valence-corrected chi connectivity index (χ0v) is 17.5. The molecule has 0 fully saturated rings. The van der Waals surface area contributed by atoms with Crippen LogP contribution in [0.1, 0.15) is 5.56 Å². The predicted molar refractivity (Wildman–Crippen MR) is 128 cm³/mol. The quantitative estimate of drug-likeness (QED) is 0.340. The number of halogens is 1. The van der Waals surface area contributed by atoms with Crippen LogP contribution in [0, 0.1) is 0 Å². The smallest absolute Gasteiger partial charge is 0.163 e. The highest BCUT2D eigenvalue weighted by molar-refractivity contribution is 6.00. The normalized spacial score (nSPS) is 11.3. The Hall–Kier alpha value is -4.52. The largest absolute Gasteiger partial charge is 0.323 e. The molecule has 6 rings (SSSR count). The molecular formula is C26H19FN6. The fraction of sp³-hybridized carbons (Fsp3) is 0.0385. The average molecular weight is 434 g/mol. The molecule has 160 valence electrons. The van der Waals surface area contributed by atoms with Gasteiger partial charge in [-0.05, 0) is 42.0 Å². The van der Waals surface area contributed by atoms with E-state index in [1.165, 1.54) is 0 Å². The summed E-state index contributed by atoms with van der Waals surface area (Å²) in [6, 6.07) is 25.0. The van der Waals surface area contributed by atoms with Crippen molar-refractivity contribution in [2.45, 2.75) is 6.67 Å². The van der Waals surface area contributed by atoms with E-state index in [9.17, 15) is 4.39 Å². The maximum Gasteiger partial charge on any atom is 0.163 e. The topological polar surface area (TPSA) is 71.4 Å². The molecule has 0 bridgehead atoms. The van der Waals surface area contributed by atoms with Gasteiger partial charge in [-0.1, -0.05) is 42.5 Å². The van der Waals surface area contributed by atoms with Crippen LogP contribution in [0.5, 0.6) is 0 Å². The van der Waals surface area contributed by atoms with E-state index in [0.29, 0.717) is 28.6 Å². The summed E-state index contributed by atoms with van der Waals surface area (Å²) in [7, 11) is 0. The van der Waals surface area contributed by atoms with E-state index in [2.05, 4.69) is 15.5 Å². The average Bonchev–Trinajstić information content (AvgIpc) is 3.55. The van der Waals surface area contributed by atoms with Crippen molar-refractivity contribution in [3.8, 4) is 17.1 Å². The highest BCUT2D eigenvalue weighted by Gasteiger charge is 2.16. The monoisotopic (exact) mass is 434 g/mol. The van der Waals surface area contributed by atoms with Gasteiger partial charge in [-0.25, -0.2) is 14.4 Å². The molecule has 3 aromatic carbocycles. The minimum Gasteiger partial charge on any atom is -0.323 e. The van der Waals surface area contributed by atoms with Gasteiger partial charge in [0, 0.05) is 23.3 Å². The standard InChI is InChI=1S/C26H19FN6/c27-16-17-8-1-2-9-18(17)24-28-20-11-4-3-10-19(20)25(29-24)30-26-23-21(31-32-26)12-7-13-22(23)33-14-5-6-15-33/h1-15H,16H2,(H2,28,29,30,31,32). The number of nitrogens with zero attached hydrogens (tertiary/aromatic N) is 4. The Morgan fingerprint density at radius 2 is 1.64 bits per heavy atom. The Morgan fingerprint density at radius 1 is 0.818 bits per heavy atom. The van der Waals surface area contributed by atoms with Crippen LogP contribution in [0.15, 0.2) is 91.3 Å². The molecule has 0 radical (unpaired) electrons. The summed E-state index contributed by atoms with van der Waals surface area (Å²) in [6.07, 6.45) is 4.00. The molecule has 3 heterocycles. The molecule has 0 saturated heterocycles. The highest BCUT2D eigenvalue weighted by atomic mass is 19.1. The van der Waals surface area contributed by atoms with Crippen LogP contribution in [0.3, 0.4) is 0 Å². The summed E-state index contributed by atoms with van der Waals surface area (Å²) in [5.41, 5.74) is 3.90. The summed E-state index contributed by atoms with van der Waals surface area (Å²) in [5.74, 6) is 1.73. The van der Waals surface area contributed by atoms with Crippen LogP contribution >= 0.6 is 0 Å². The van der Waals surface area contributed by atoms with Gasteiger partial charge in [0.25, 0.3) is 0 Å². The fourth-order valence-corrected chi connectivity index (χ4v) is 4.11. The minimum atomic E-state index is -0.584. The van der Waals surface area contributed by atoms with Crippen molar-refractivity contribution < 1.29 is 4.39 Å². The third kappa shape index (κ3) is 3.30.